The van der Waals surface area contributed by atoms with Crippen LogP contribution in [0.15, 0.2) is 5.16 Å². The Labute approximate surface area is 55.9 Å². The summed E-state index contributed by atoms with van der Waals surface area (Å²) in [5, 5.41) is 3.65. The van der Waals surface area contributed by atoms with Gasteiger partial charge in [0.15, 0.2) is 0 Å². The first-order valence-electron chi connectivity index (χ1n) is 3.25. The van der Waals surface area contributed by atoms with E-state index in [9.17, 15) is 0 Å². The second-order valence-electron chi connectivity index (χ2n) is 1.67. The highest BCUT2D eigenvalue weighted by molar-refractivity contribution is 5.55. The van der Waals surface area contributed by atoms with Crippen LogP contribution in [0.25, 0.3) is 0 Å². The maximum Gasteiger partial charge on any atom is 0.118 e. The Kier molecular flexibility index (Phi) is 6.96. The van der Waals surface area contributed by atoms with Crippen molar-refractivity contribution in [2.75, 3.05) is 13.2 Å². The molecule has 0 aliphatic rings. The Morgan fingerprint density at radius 1 is 1.67 bits per heavy atom. The number of oxime groups is 1. The summed E-state index contributed by atoms with van der Waals surface area (Å²) in [6.45, 7) is 3.31. The molecular weight excluding hydrogens is 116 g/mol. The van der Waals surface area contributed by atoms with Crippen molar-refractivity contribution >= 4 is 6.21 Å². The normalized spacial score (nSPS) is 10.4. The van der Waals surface area contributed by atoms with E-state index in [0.717, 1.165) is 12.8 Å². The lowest BCUT2D eigenvalue weighted by Crippen LogP contribution is -2.01. The largest absolute Gasteiger partial charge is 0.396 e. The fourth-order valence-corrected chi connectivity index (χ4v) is 0.328. The Morgan fingerprint density at radius 2 is 2.44 bits per heavy atom. The van der Waals surface area contributed by atoms with Crippen LogP contribution in [0.5, 0.6) is 0 Å². The summed E-state index contributed by atoms with van der Waals surface area (Å²) < 4.78 is 0. The van der Waals surface area contributed by atoms with Gasteiger partial charge in [-0.25, -0.2) is 0 Å². The molecule has 0 bridgehead atoms. The number of hydrogen-bond donors (Lipinski definition) is 1. The number of nitrogens with two attached hydrogens (primary N) is 1. The fourth-order valence-electron chi connectivity index (χ4n) is 0.328. The van der Waals surface area contributed by atoms with Gasteiger partial charge in [-0.05, 0) is 19.4 Å². The van der Waals surface area contributed by atoms with Crippen LogP contribution in [-0.2, 0) is 4.84 Å². The molecule has 0 rings (SSSR count). The minimum atomic E-state index is 0.632. The van der Waals surface area contributed by atoms with Crippen LogP contribution in [-0.4, -0.2) is 19.4 Å². The average Bonchev–Trinajstić information content (AvgIpc) is 1.89. The van der Waals surface area contributed by atoms with Gasteiger partial charge < -0.3 is 10.6 Å². The third kappa shape index (κ3) is 7.43. The van der Waals surface area contributed by atoms with Crippen molar-refractivity contribution in [1.29, 1.82) is 0 Å². The van der Waals surface area contributed by atoms with Crippen LogP contribution >= 0.6 is 0 Å². The molecule has 3 heteroatoms. The topological polar surface area (TPSA) is 47.6 Å². The highest BCUT2D eigenvalue weighted by Crippen LogP contribution is 1.79. The third-order valence-electron chi connectivity index (χ3n) is 0.771. The van der Waals surface area contributed by atoms with E-state index in [1.54, 1.807) is 6.21 Å². The maximum atomic E-state index is 5.21. The molecule has 0 aromatic rings. The standard InChI is InChI=1S/C6H14N2O/c1-2-5-8-9-6-3-4-7/h5H,2-4,6-7H2,1H3. The highest BCUT2D eigenvalue weighted by atomic mass is 16.6. The van der Waals surface area contributed by atoms with Crippen molar-refractivity contribution in [2.45, 2.75) is 19.8 Å². The molecule has 9 heavy (non-hydrogen) atoms. The van der Waals surface area contributed by atoms with Crippen molar-refractivity contribution in [1.82, 2.24) is 0 Å². The van der Waals surface area contributed by atoms with Crippen molar-refractivity contribution in [3.63, 3.8) is 0 Å². The summed E-state index contributed by atoms with van der Waals surface area (Å²) in [6.07, 6.45) is 3.53. The van der Waals surface area contributed by atoms with Crippen LogP contribution < -0.4 is 5.73 Å². The first-order chi connectivity index (χ1) is 4.41. The molecule has 0 aliphatic heterocycles. The number of hydrogen-bond acceptors (Lipinski definition) is 3. The van der Waals surface area contributed by atoms with Crippen LogP contribution in [0.1, 0.15) is 19.8 Å². The minimum absolute atomic E-state index is 0.632. The van der Waals surface area contributed by atoms with Gasteiger partial charge in [0.1, 0.15) is 6.61 Å². The third-order valence-corrected chi connectivity index (χ3v) is 0.771. The first kappa shape index (κ1) is 8.43. The van der Waals surface area contributed by atoms with E-state index >= 15 is 0 Å². The predicted molar refractivity (Wildman–Crippen MR) is 38.4 cm³/mol. The van der Waals surface area contributed by atoms with Crippen LogP contribution in [0.3, 0.4) is 0 Å². The number of rotatable bonds is 5. The van der Waals surface area contributed by atoms with E-state index in [2.05, 4.69) is 5.16 Å². The van der Waals surface area contributed by atoms with Gasteiger partial charge in [-0.2, -0.15) is 0 Å². The highest BCUT2D eigenvalue weighted by Gasteiger charge is 1.79. The Hall–Kier alpha value is -0.570. The zero-order chi connectivity index (χ0) is 6.95. The second kappa shape index (κ2) is 7.43. The molecule has 0 amide bonds. The van der Waals surface area contributed by atoms with Gasteiger partial charge in [-0.1, -0.05) is 12.1 Å². The molecule has 0 atom stereocenters. The van der Waals surface area contributed by atoms with Gasteiger partial charge in [0.25, 0.3) is 0 Å². The molecule has 2 N–H and O–H groups in total. The summed E-state index contributed by atoms with van der Waals surface area (Å²) >= 11 is 0. The molecule has 54 valence electrons. The van der Waals surface area contributed by atoms with Crippen LogP contribution in [0.2, 0.25) is 0 Å². The van der Waals surface area contributed by atoms with Gasteiger partial charge >= 0.3 is 0 Å². The van der Waals surface area contributed by atoms with E-state index in [4.69, 9.17) is 10.6 Å². The van der Waals surface area contributed by atoms with Crippen molar-refractivity contribution < 1.29 is 4.84 Å². The molecule has 0 saturated carbocycles. The summed E-state index contributed by atoms with van der Waals surface area (Å²) in [5.41, 5.74) is 5.21. The zero-order valence-electron chi connectivity index (χ0n) is 5.84. The monoisotopic (exact) mass is 130 g/mol. The van der Waals surface area contributed by atoms with E-state index in [1.165, 1.54) is 0 Å². The lowest BCUT2D eigenvalue weighted by Gasteiger charge is -1.93. The van der Waals surface area contributed by atoms with E-state index in [1.807, 2.05) is 6.92 Å². The van der Waals surface area contributed by atoms with Crippen LogP contribution in [0, 0.1) is 0 Å². The smallest absolute Gasteiger partial charge is 0.118 e. The maximum absolute atomic E-state index is 5.21. The molecule has 0 radical (unpaired) electrons. The lowest BCUT2D eigenvalue weighted by atomic mass is 10.5. The Balaban J connectivity index is 2.82. The average molecular weight is 130 g/mol. The molecule has 0 saturated heterocycles. The summed E-state index contributed by atoms with van der Waals surface area (Å²) in [4.78, 5) is 4.80. The van der Waals surface area contributed by atoms with Gasteiger partial charge in [-0.3, -0.25) is 0 Å². The summed E-state index contributed by atoms with van der Waals surface area (Å²) in [6, 6.07) is 0. The predicted octanol–water partition coefficient (Wildman–Crippen LogP) is 0.748. The van der Waals surface area contributed by atoms with Crippen LogP contribution in [0.4, 0.5) is 0 Å². The molecule has 3 nitrogen and oxygen atoms in total. The van der Waals surface area contributed by atoms with Gasteiger partial charge in [-0.15, -0.1) is 0 Å². The molecule has 0 fully saturated rings. The number of nitrogens with zero attached hydrogens (tertiary/aromatic N) is 1. The molecular formula is C6H14N2O. The van der Waals surface area contributed by atoms with Crippen molar-refractivity contribution in [3.8, 4) is 0 Å². The minimum Gasteiger partial charge on any atom is -0.396 e. The molecule has 0 unspecified atom stereocenters. The van der Waals surface area contributed by atoms with Gasteiger partial charge in [0, 0.05) is 6.21 Å². The van der Waals surface area contributed by atoms with Crippen molar-refractivity contribution in [3.05, 3.63) is 0 Å². The Morgan fingerprint density at radius 3 is 3.00 bits per heavy atom. The SMILES string of the molecule is CCC=NOCCCN. The quantitative estimate of drug-likeness (QED) is 0.339. The molecule has 0 heterocycles. The fraction of sp³-hybridized carbons (Fsp3) is 0.833. The van der Waals surface area contributed by atoms with Crippen molar-refractivity contribution in [2.24, 2.45) is 10.9 Å². The lowest BCUT2D eigenvalue weighted by molar-refractivity contribution is 0.144. The van der Waals surface area contributed by atoms with Gasteiger partial charge in [0.2, 0.25) is 0 Å². The summed E-state index contributed by atoms with van der Waals surface area (Å²) in [5.74, 6) is 0. The second-order valence-corrected chi connectivity index (χ2v) is 1.67. The molecule has 0 aromatic carbocycles. The summed E-state index contributed by atoms with van der Waals surface area (Å²) in [7, 11) is 0. The van der Waals surface area contributed by atoms with E-state index in [0.29, 0.717) is 13.2 Å². The van der Waals surface area contributed by atoms with Gasteiger partial charge in [0.05, 0.1) is 0 Å². The first-order valence-corrected chi connectivity index (χ1v) is 3.25. The molecule has 0 aromatic heterocycles. The molecule has 0 spiro atoms. The van der Waals surface area contributed by atoms with E-state index < -0.39 is 0 Å². The van der Waals surface area contributed by atoms with E-state index in [-0.39, 0.29) is 0 Å². The zero-order valence-corrected chi connectivity index (χ0v) is 5.84. The molecule has 0 aliphatic carbocycles. The Bertz CT molecular complexity index is 73.5.